The summed E-state index contributed by atoms with van der Waals surface area (Å²) in [5, 5.41) is 0.300. The number of rotatable bonds is 7. The average Bonchev–Trinajstić information content (AvgIpc) is 3.03. The molecule has 0 radical (unpaired) electrons. The average molecular weight is 407 g/mol. The first-order chi connectivity index (χ1) is 12.9. The molecule has 0 spiro atoms. The summed E-state index contributed by atoms with van der Waals surface area (Å²) < 4.78 is 32.4. The molecule has 6 nitrogen and oxygen atoms in total. The van der Waals surface area contributed by atoms with Crippen molar-refractivity contribution in [2.75, 3.05) is 7.11 Å². The number of unbranched alkanes of at least 4 members (excludes halogenated alkanes) is 1. The van der Waals surface area contributed by atoms with Crippen LogP contribution in [-0.4, -0.2) is 30.5 Å². The molecule has 3 aromatic rings. The molecule has 0 fully saturated rings. The van der Waals surface area contributed by atoms with Gasteiger partial charge in [-0.15, -0.1) is 0 Å². The molecule has 0 unspecified atom stereocenters. The Morgan fingerprint density at radius 3 is 2.59 bits per heavy atom. The molecular formula is C19H19ClN2O4S. The van der Waals surface area contributed by atoms with E-state index in [0.29, 0.717) is 47.6 Å². The number of esters is 1. The van der Waals surface area contributed by atoms with Gasteiger partial charge in [0.15, 0.2) is 0 Å². The third-order valence-corrected chi connectivity index (χ3v) is 6.21. The molecule has 142 valence electrons. The lowest BCUT2D eigenvalue weighted by Gasteiger charge is -2.12. The number of halogens is 1. The van der Waals surface area contributed by atoms with Crippen LogP contribution >= 0.6 is 11.6 Å². The Kier molecular flexibility index (Phi) is 5.82. The molecule has 0 saturated carbocycles. The topological polar surface area (TPSA) is 78.3 Å². The number of carbonyl (C=O) groups excluding carboxylic acids is 1. The highest BCUT2D eigenvalue weighted by Gasteiger charge is 2.23. The van der Waals surface area contributed by atoms with Crippen LogP contribution in [-0.2, 0) is 26.0 Å². The van der Waals surface area contributed by atoms with Gasteiger partial charge in [0.2, 0.25) is 0 Å². The van der Waals surface area contributed by atoms with Crippen molar-refractivity contribution in [3.05, 3.63) is 59.4 Å². The summed E-state index contributed by atoms with van der Waals surface area (Å²) in [7, 11) is -2.43. The predicted molar refractivity (Wildman–Crippen MR) is 103 cm³/mol. The first-order valence-corrected chi connectivity index (χ1v) is 10.3. The van der Waals surface area contributed by atoms with Crippen LogP contribution in [0, 0.1) is 0 Å². The monoisotopic (exact) mass is 406 g/mol. The van der Waals surface area contributed by atoms with Gasteiger partial charge in [0, 0.05) is 12.1 Å². The van der Waals surface area contributed by atoms with Crippen molar-refractivity contribution < 1.29 is 17.9 Å². The molecule has 0 aliphatic heterocycles. The Hall–Kier alpha value is -2.38. The molecule has 0 aliphatic rings. The fourth-order valence-electron chi connectivity index (χ4n) is 2.92. The van der Waals surface area contributed by atoms with Crippen molar-refractivity contribution in [2.24, 2.45) is 0 Å². The van der Waals surface area contributed by atoms with Crippen molar-refractivity contribution in [1.29, 1.82) is 0 Å². The molecule has 8 heteroatoms. The third kappa shape index (κ3) is 4.14. The minimum Gasteiger partial charge on any atom is -0.469 e. The SMILES string of the molecule is COC(=O)CCCCc1cc2nc(Cl)ccc2n1S(=O)(=O)c1ccccc1. The second-order valence-electron chi connectivity index (χ2n) is 6.04. The van der Waals surface area contributed by atoms with Gasteiger partial charge in [0.25, 0.3) is 10.0 Å². The third-order valence-electron chi connectivity index (χ3n) is 4.22. The summed E-state index contributed by atoms with van der Waals surface area (Å²) in [6.07, 6.45) is 2.03. The largest absolute Gasteiger partial charge is 0.469 e. The van der Waals surface area contributed by atoms with E-state index >= 15 is 0 Å². The summed E-state index contributed by atoms with van der Waals surface area (Å²) in [6.45, 7) is 0. The number of carbonyl (C=O) groups is 1. The van der Waals surface area contributed by atoms with Gasteiger partial charge < -0.3 is 4.74 Å². The van der Waals surface area contributed by atoms with Crippen molar-refractivity contribution in [1.82, 2.24) is 8.96 Å². The summed E-state index contributed by atoms with van der Waals surface area (Å²) in [5.74, 6) is -0.277. The second-order valence-corrected chi connectivity index (χ2v) is 8.21. The Morgan fingerprint density at radius 1 is 1.15 bits per heavy atom. The summed E-state index contributed by atoms with van der Waals surface area (Å²) in [5.41, 5.74) is 1.60. The maximum Gasteiger partial charge on any atom is 0.305 e. The van der Waals surface area contributed by atoms with Crippen LogP contribution in [0.2, 0.25) is 5.15 Å². The van der Waals surface area contributed by atoms with Crippen LogP contribution in [0.4, 0.5) is 0 Å². The van der Waals surface area contributed by atoms with Crippen molar-refractivity contribution >= 4 is 38.6 Å². The predicted octanol–water partition coefficient (Wildman–Crippen LogP) is 3.81. The second kappa shape index (κ2) is 8.10. The number of hydrogen-bond acceptors (Lipinski definition) is 5. The fourth-order valence-corrected chi connectivity index (χ4v) is 4.66. The van der Waals surface area contributed by atoms with E-state index < -0.39 is 10.0 Å². The zero-order chi connectivity index (χ0) is 19.4. The van der Waals surface area contributed by atoms with E-state index in [1.165, 1.54) is 11.1 Å². The highest BCUT2D eigenvalue weighted by Crippen LogP contribution is 2.27. The minimum atomic E-state index is -3.78. The lowest BCUT2D eigenvalue weighted by Crippen LogP contribution is -2.15. The minimum absolute atomic E-state index is 0.202. The van der Waals surface area contributed by atoms with Crippen molar-refractivity contribution in [3.63, 3.8) is 0 Å². The number of ether oxygens (including phenoxy) is 1. The number of benzene rings is 1. The molecule has 1 aromatic carbocycles. The van der Waals surface area contributed by atoms with Gasteiger partial charge in [-0.1, -0.05) is 29.8 Å². The van der Waals surface area contributed by atoms with Crippen LogP contribution in [0.1, 0.15) is 25.0 Å². The van der Waals surface area contributed by atoms with Crippen molar-refractivity contribution in [3.8, 4) is 0 Å². The molecule has 0 N–H and O–H groups in total. The van der Waals surface area contributed by atoms with E-state index in [2.05, 4.69) is 9.72 Å². The zero-order valence-electron chi connectivity index (χ0n) is 14.8. The van der Waals surface area contributed by atoms with E-state index in [-0.39, 0.29) is 10.9 Å². The maximum absolute atomic E-state index is 13.2. The van der Waals surface area contributed by atoms with Gasteiger partial charge >= 0.3 is 5.97 Å². The molecule has 0 amide bonds. The number of aromatic nitrogens is 2. The Labute approximate surface area is 162 Å². The van der Waals surface area contributed by atoms with E-state index in [1.807, 2.05) is 0 Å². The normalized spacial score (nSPS) is 11.6. The van der Waals surface area contributed by atoms with Crippen LogP contribution < -0.4 is 0 Å². The van der Waals surface area contributed by atoms with E-state index in [4.69, 9.17) is 11.6 Å². The van der Waals surface area contributed by atoms with Crippen LogP contribution in [0.15, 0.2) is 53.4 Å². The maximum atomic E-state index is 13.2. The van der Waals surface area contributed by atoms with Gasteiger partial charge in [0.05, 0.1) is 23.0 Å². The fraction of sp³-hybridized carbons (Fsp3) is 0.263. The van der Waals surface area contributed by atoms with E-state index in [1.54, 1.807) is 48.5 Å². The first kappa shape index (κ1) is 19.4. The molecule has 2 heterocycles. The van der Waals surface area contributed by atoms with E-state index in [0.717, 1.165) is 0 Å². The lowest BCUT2D eigenvalue weighted by molar-refractivity contribution is -0.140. The molecule has 27 heavy (non-hydrogen) atoms. The molecular weight excluding hydrogens is 388 g/mol. The summed E-state index contributed by atoms with van der Waals surface area (Å²) >= 11 is 5.97. The smallest absolute Gasteiger partial charge is 0.305 e. The van der Waals surface area contributed by atoms with Crippen molar-refractivity contribution in [2.45, 2.75) is 30.6 Å². The zero-order valence-corrected chi connectivity index (χ0v) is 16.3. The Morgan fingerprint density at radius 2 is 1.89 bits per heavy atom. The number of fused-ring (bicyclic) bond motifs is 1. The molecule has 0 bridgehead atoms. The highest BCUT2D eigenvalue weighted by molar-refractivity contribution is 7.90. The van der Waals surface area contributed by atoms with Crippen LogP contribution in [0.5, 0.6) is 0 Å². The van der Waals surface area contributed by atoms with E-state index in [9.17, 15) is 13.2 Å². The number of nitrogens with zero attached hydrogens (tertiary/aromatic N) is 2. The van der Waals surface area contributed by atoms with Gasteiger partial charge in [0.1, 0.15) is 5.15 Å². The highest BCUT2D eigenvalue weighted by atomic mass is 35.5. The van der Waals surface area contributed by atoms with Gasteiger partial charge in [-0.2, -0.15) is 0 Å². The number of pyridine rings is 1. The molecule has 0 aliphatic carbocycles. The summed E-state index contributed by atoms with van der Waals surface area (Å²) in [6, 6.07) is 13.2. The summed E-state index contributed by atoms with van der Waals surface area (Å²) in [4.78, 5) is 15.7. The molecule has 0 saturated heterocycles. The van der Waals surface area contributed by atoms with Gasteiger partial charge in [-0.25, -0.2) is 17.4 Å². The lowest BCUT2D eigenvalue weighted by atomic mass is 10.1. The van der Waals surface area contributed by atoms with Crippen LogP contribution in [0.25, 0.3) is 11.0 Å². The molecule has 3 rings (SSSR count). The molecule has 2 aromatic heterocycles. The first-order valence-electron chi connectivity index (χ1n) is 8.48. The van der Waals surface area contributed by atoms with Crippen LogP contribution in [0.3, 0.4) is 0 Å². The van der Waals surface area contributed by atoms with Gasteiger partial charge in [-0.3, -0.25) is 4.79 Å². The molecule has 0 atom stereocenters. The number of hydrogen-bond donors (Lipinski definition) is 0. The number of aryl methyl sites for hydroxylation is 1. The Balaban J connectivity index is 2.00. The quantitative estimate of drug-likeness (QED) is 0.338. The van der Waals surface area contributed by atoms with Gasteiger partial charge in [-0.05, 0) is 49.6 Å². The Bertz CT molecular complexity index is 1060. The number of methoxy groups -OCH3 is 1. The standard InChI is InChI=1S/C19H19ClN2O4S/c1-26-19(23)10-6-5-7-14-13-16-17(11-12-18(20)21-16)22(14)27(24,25)15-8-3-2-4-9-15/h2-4,8-9,11-13H,5-7,10H2,1H3.